The fraction of sp³-hybridized carbons (Fsp3) is 0.538. The number of ether oxygens (including phenoxy) is 1. The second kappa shape index (κ2) is 2.76. The smallest absolute Gasteiger partial charge is 0.123 e. The molecule has 0 bridgehead atoms. The molecule has 0 saturated heterocycles. The summed E-state index contributed by atoms with van der Waals surface area (Å²) in [4.78, 5) is 0. The lowest BCUT2D eigenvalue weighted by molar-refractivity contribution is 0.134. The first-order valence-corrected chi connectivity index (χ1v) is 5.62. The maximum absolute atomic E-state index is 10.2. The van der Waals surface area contributed by atoms with E-state index in [9.17, 15) is 5.11 Å². The SMILES string of the molecule is CC1Cc2cc(C3(O)CC3C)ccc2O1. The fourth-order valence-electron chi connectivity index (χ4n) is 2.50. The first-order chi connectivity index (χ1) is 7.09. The third kappa shape index (κ3) is 1.28. The van der Waals surface area contributed by atoms with Crippen molar-refractivity contribution in [1.82, 2.24) is 0 Å². The maximum atomic E-state index is 10.2. The number of hydrogen-bond acceptors (Lipinski definition) is 2. The summed E-state index contributed by atoms with van der Waals surface area (Å²) in [5.74, 6) is 1.39. The summed E-state index contributed by atoms with van der Waals surface area (Å²) < 4.78 is 5.64. The Bertz CT molecular complexity index is 413. The Hall–Kier alpha value is -1.02. The quantitative estimate of drug-likeness (QED) is 0.760. The van der Waals surface area contributed by atoms with Gasteiger partial charge >= 0.3 is 0 Å². The van der Waals surface area contributed by atoms with Crippen molar-refractivity contribution < 1.29 is 9.84 Å². The average molecular weight is 204 g/mol. The van der Waals surface area contributed by atoms with Gasteiger partial charge in [0.15, 0.2) is 0 Å². The van der Waals surface area contributed by atoms with E-state index < -0.39 is 5.60 Å². The molecule has 1 aromatic carbocycles. The van der Waals surface area contributed by atoms with Crippen LogP contribution in [-0.4, -0.2) is 11.2 Å². The van der Waals surface area contributed by atoms with Crippen molar-refractivity contribution in [3.05, 3.63) is 29.3 Å². The van der Waals surface area contributed by atoms with Crippen molar-refractivity contribution in [3.8, 4) is 5.75 Å². The minimum absolute atomic E-state index is 0.279. The molecular formula is C13H16O2. The van der Waals surface area contributed by atoms with E-state index in [1.165, 1.54) is 5.56 Å². The van der Waals surface area contributed by atoms with E-state index in [0.29, 0.717) is 5.92 Å². The van der Waals surface area contributed by atoms with Crippen LogP contribution in [0.2, 0.25) is 0 Å². The number of fused-ring (bicyclic) bond motifs is 1. The predicted molar refractivity (Wildman–Crippen MR) is 57.9 cm³/mol. The van der Waals surface area contributed by atoms with Gasteiger partial charge in [-0.1, -0.05) is 13.0 Å². The summed E-state index contributed by atoms with van der Waals surface area (Å²) in [6.07, 6.45) is 2.14. The van der Waals surface area contributed by atoms with Gasteiger partial charge in [0, 0.05) is 6.42 Å². The van der Waals surface area contributed by atoms with Gasteiger partial charge in [-0.25, -0.2) is 0 Å². The van der Waals surface area contributed by atoms with Crippen LogP contribution in [0.5, 0.6) is 5.75 Å². The average Bonchev–Trinajstić information content (AvgIpc) is 2.66. The maximum Gasteiger partial charge on any atom is 0.123 e. The molecule has 1 saturated carbocycles. The molecule has 2 heteroatoms. The zero-order valence-corrected chi connectivity index (χ0v) is 9.16. The lowest BCUT2D eigenvalue weighted by atomic mass is 10.0. The highest BCUT2D eigenvalue weighted by atomic mass is 16.5. The Balaban J connectivity index is 1.97. The van der Waals surface area contributed by atoms with Crippen LogP contribution in [0.25, 0.3) is 0 Å². The highest BCUT2D eigenvalue weighted by molar-refractivity contribution is 5.44. The van der Waals surface area contributed by atoms with Gasteiger partial charge in [-0.05, 0) is 42.5 Å². The summed E-state index contributed by atoms with van der Waals surface area (Å²) in [5.41, 5.74) is 1.75. The van der Waals surface area contributed by atoms with Crippen LogP contribution in [0.4, 0.5) is 0 Å². The molecule has 1 aliphatic heterocycles. The van der Waals surface area contributed by atoms with Gasteiger partial charge in [-0.3, -0.25) is 0 Å². The standard InChI is InChI=1S/C13H16O2/c1-8-7-13(8,14)11-3-4-12-10(6-11)5-9(2)15-12/h3-4,6,8-9,14H,5,7H2,1-2H3. The third-order valence-electron chi connectivity index (χ3n) is 3.67. The summed E-state index contributed by atoms with van der Waals surface area (Å²) >= 11 is 0. The molecule has 3 unspecified atom stereocenters. The minimum Gasteiger partial charge on any atom is -0.490 e. The lowest BCUT2D eigenvalue weighted by Crippen LogP contribution is -2.07. The normalized spacial score (nSPS) is 37.3. The Morgan fingerprint density at radius 2 is 2.13 bits per heavy atom. The molecule has 0 aromatic heterocycles. The molecule has 1 aliphatic carbocycles. The third-order valence-corrected chi connectivity index (χ3v) is 3.67. The molecule has 0 amide bonds. The molecule has 0 radical (unpaired) electrons. The van der Waals surface area contributed by atoms with E-state index in [4.69, 9.17) is 4.74 Å². The number of benzene rings is 1. The molecule has 3 rings (SSSR count). The molecule has 1 N–H and O–H groups in total. The molecule has 1 heterocycles. The second-order valence-electron chi connectivity index (χ2n) is 4.98. The molecule has 0 spiro atoms. The highest BCUT2D eigenvalue weighted by Crippen LogP contribution is 2.52. The molecule has 1 aromatic rings. The van der Waals surface area contributed by atoms with E-state index in [1.807, 2.05) is 12.1 Å². The van der Waals surface area contributed by atoms with Gasteiger partial charge in [0.1, 0.15) is 11.9 Å². The second-order valence-corrected chi connectivity index (χ2v) is 4.98. The molecule has 2 nitrogen and oxygen atoms in total. The van der Waals surface area contributed by atoms with Gasteiger partial charge in [-0.15, -0.1) is 0 Å². The molecular weight excluding hydrogens is 188 g/mol. The highest BCUT2D eigenvalue weighted by Gasteiger charge is 2.51. The summed E-state index contributed by atoms with van der Waals surface area (Å²) in [6.45, 7) is 4.17. The van der Waals surface area contributed by atoms with Gasteiger partial charge < -0.3 is 9.84 Å². The first-order valence-electron chi connectivity index (χ1n) is 5.62. The first kappa shape index (κ1) is 9.22. The Morgan fingerprint density at radius 3 is 2.80 bits per heavy atom. The number of hydrogen-bond donors (Lipinski definition) is 1. The van der Waals surface area contributed by atoms with Crippen LogP contribution < -0.4 is 4.74 Å². The largest absolute Gasteiger partial charge is 0.490 e. The Labute approximate surface area is 89.9 Å². The van der Waals surface area contributed by atoms with Crippen molar-refractivity contribution in [3.63, 3.8) is 0 Å². The van der Waals surface area contributed by atoms with Crippen molar-refractivity contribution in [2.45, 2.75) is 38.4 Å². The van der Waals surface area contributed by atoms with Gasteiger partial charge in [-0.2, -0.15) is 0 Å². The van der Waals surface area contributed by atoms with Crippen LogP contribution in [-0.2, 0) is 12.0 Å². The molecule has 1 fully saturated rings. The van der Waals surface area contributed by atoms with E-state index in [-0.39, 0.29) is 6.10 Å². The van der Waals surface area contributed by atoms with Crippen molar-refractivity contribution >= 4 is 0 Å². The Kier molecular flexibility index (Phi) is 1.70. The summed E-state index contributed by atoms with van der Waals surface area (Å²) in [7, 11) is 0. The minimum atomic E-state index is -0.555. The fourth-order valence-corrected chi connectivity index (χ4v) is 2.50. The van der Waals surface area contributed by atoms with Gasteiger partial charge in [0.2, 0.25) is 0 Å². The predicted octanol–water partition coefficient (Wildman–Crippen LogP) is 2.24. The summed E-state index contributed by atoms with van der Waals surface area (Å²) in [5, 5.41) is 10.2. The van der Waals surface area contributed by atoms with E-state index in [2.05, 4.69) is 19.9 Å². The van der Waals surface area contributed by atoms with Gasteiger partial charge in [0.05, 0.1) is 5.60 Å². The molecule has 2 aliphatic rings. The monoisotopic (exact) mass is 204 g/mol. The Morgan fingerprint density at radius 1 is 1.40 bits per heavy atom. The molecule has 80 valence electrons. The van der Waals surface area contributed by atoms with Crippen LogP contribution in [0.1, 0.15) is 31.4 Å². The topological polar surface area (TPSA) is 29.5 Å². The van der Waals surface area contributed by atoms with Crippen molar-refractivity contribution in [2.24, 2.45) is 5.92 Å². The van der Waals surface area contributed by atoms with Crippen molar-refractivity contribution in [1.29, 1.82) is 0 Å². The van der Waals surface area contributed by atoms with E-state index in [0.717, 1.165) is 24.2 Å². The van der Waals surface area contributed by atoms with Crippen LogP contribution in [0, 0.1) is 5.92 Å². The zero-order valence-electron chi connectivity index (χ0n) is 9.16. The van der Waals surface area contributed by atoms with Crippen LogP contribution in [0.3, 0.4) is 0 Å². The van der Waals surface area contributed by atoms with E-state index >= 15 is 0 Å². The number of aliphatic hydroxyl groups is 1. The zero-order chi connectivity index (χ0) is 10.6. The lowest BCUT2D eigenvalue weighted by Gasteiger charge is -2.10. The van der Waals surface area contributed by atoms with Crippen LogP contribution in [0.15, 0.2) is 18.2 Å². The summed E-state index contributed by atoms with van der Waals surface area (Å²) in [6, 6.07) is 6.11. The molecule has 15 heavy (non-hydrogen) atoms. The molecule has 3 atom stereocenters. The van der Waals surface area contributed by atoms with Crippen molar-refractivity contribution in [2.75, 3.05) is 0 Å². The van der Waals surface area contributed by atoms with Gasteiger partial charge in [0.25, 0.3) is 0 Å². The van der Waals surface area contributed by atoms with E-state index in [1.54, 1.807) is 0 Å². The number of rotatable bonds is 1. The van der Waals surface area contributed by atoms with Crippen LogP contribution >= 0.6 is 0 Å².